The summed E-state index contributed by atoms with van der Waals surface area (Å²) >= 11 is 3.48. The second-order valence-corrected chi connectivity index (χ2v) is 7.65. The maximum Gasteiger partial charge on any atom is 0.267 e. The Morgan fingerprint density at radius 2 is 1.41 bits per heavy atom. The highest BCUT2D eigenvalue weighted by atomic mass is 79.9. The van der Waals surface area contributed by atoms with Gasteiger partial charge in [0.05, 0.1) is 0 Å². The van der Waals surface area contributed by atoms with Crippen LogP contribution in [0.4, 0.5) is 0 Å². The van der Waals surface area contributed by atoms with Gasteiger partial charge in [-0.25, -0.2) is 5.48 Å². The van der Waals surface area contributed by atoms with Crippen molar-refractivity contribution >= 4 is 27.9 Å². The molecule has 27 heavy (non-hydrogen) atoms. The third-order valence-corrected chi connectivity index (χ3v) is 5.24. The van der Waals surface area contributed by atoms with Crippen molar-refractivity contribution < 1.29 is 10.0 Å². The normalized spacial score (nSPS) is 15.9. The molecule has 1 fully saturated rings. The second kappa shape index (κ2) is 9.80. The molecule has 0 aromatic heterocycles. The van der Waals surface area contributed by atoms with E-state index in [9.17, 15) is 4.79 Å². The summed E-state index contributed by atoms with van der Waals surface area (Å²) in [4.78, 5) is 16.0. The number of halogens is 1. The first-order chi connectivity index (χ1) is 13.1. The van der Waals surface area contributed by atoms with Crippen molar-refractivity contribution in [3.05, 3.63) is 75.8 Å². The molecule has 2 N–H and O–H groups in total. The summed E-state index contributed by atoms with van der Waals surface area (Å²) in [6.07, 6.45) is 2.98. The van der Waals surface area contributed by atoms with Gasteiger partial charge in [0.25, 0.3) is 5.91 Å². The number of hydrogen-bond acceptors (Lipinski definition) is 4. The minimum absolute atomic E-state index is 0.528. The molecule has 1 saturated heterocycles. The Morgan fingerprint density at radius 3 is 1.89 bits per heavy atom. The fourth-order valence-electron chi connectivity index (χ4n) is 3.16. The van der Waals surface area contributed by atoms with Gasteiger partial charge in [-0.2, -0.15) is 0 Å². The number of nitrogens with one attached hydrogen (secondary N) is 1. The summed E-state index contributed by atoms with van der Waals surface area (Å²) in [6.45, 7) is 6.22. The van der Waals surface area contributed by atoms with Crippen molar-refractivity contribution in [3.63, 3.8) is 0 Å². The summed E-state index contributed by atoms with van der Waals surface area (Å²) in [7, 11) is 0. The Labute approximate surface area is 168 Å². The molecule has 1 heterocycles. The van der Waals surface area contributed by atoms with Crippen LogP contribution >= 0.6 is 15.9 Å². The van der Waals surface area contributed by atoms with Crippen LogP contribution in [0.1, 0.15) is 16.7 Å². The number of piperazine rings is 1. The van der Waals surface area contributed by atoms with Gasteiger partial charge < -0.3 is 0 Å². The molecule has 0 radical (unpaired) electrons. The molecule has 5 nitrogen and oxygen atoms in total. The van der Waals surface area contributed by atoms with Crippen LogP contribution in [0.15, 0.2) is 59.1 Å². The van der Waals surface area contributed by atoms with Gasteiger partial charge in [0, 0.05) is 49.8 Å². The number of rotatable bonds is 6. The molecule has 1 amide bonds. The lowest BCUT2D eigenvalue weighted by Crippen LogP contribution is -2.45. The first-order valence-corrected chi connectivity index (χ1v) is 9.82. The van der Waals surface area contributed by atoms with Crippen LogP contribution in [0.25, 0.3) is 6.08 Å². The zero-order valence-electron chi connectivity index (χ0n) is 15.1. The fourth-order valence-corrected chi connectivity index (χ4v) is 3.42. The lowest BCUT2D eigenvalue weighted by atomic mass is 10.1. The van der Waals surface area contributed by atoms with E-state index in [2.05, 4.69) is 62.1 Å². The van der Waals surface area contributed by atoms with Crippen molar-refractivity contribution in [2.24, 2.45) is 0 Å². The van der Waals surface area contributed by atoms with Crippen LogP contribution in [-0.4, -0.2) is 47.1 Å². The van der Waals surface area contributed by atoms with Gasteiger partial charge in [-0.1, -0.05) is 52.3 Å². The van der Waals surface area contributed by atoms with Crippen molar-refractivity contribution in [3.8, 4) is 0 Å². The van der Waals surface area contributed by atoms with Crippen molar-refractivity contribution in [2.75, 3.05) is 26.2 Å². The fraction of sp³-hybridized carbons (Fsp3) is 0.286. The first kappa shape index (κ1) is 19.8. The molecule has 0 atom stereocenters. The Bertz CT molecular complexity index is 767. The molecule has 1 aliphatic heterocycles. The Hall–Kier alpha value is -1.99. The Kier molecular flexibility index (Phi) is 7.18. The van der Waals surface area contributed by atoms with Crippen molar-refractivity contribution in [1.82, 2.24) is 15.3 Å². The number of benzene rings is 2. The van der Waals surface area contributed by atoms with Gasteiger partial charge in [0.15, 0.2) is 0 Å². The quantitative estimate of drug-likeness (QED) is 0.420. The van der Waals surface area contributed by atoms with Crippen LogP contribution in [0.3, 0.4) is 0 Å². The van der Waals surface area contributed by atoms with Gasteiger partial charge in [-0.3, -0.25) is 19.8 Å². The monoisotopic (exact) mass is 429 g/mol. The highest BCUT2D eigenvalue weighted by Gasteiger charge is 2.17. The largest absolute Gasteiger partial charge is 0.297 e. The van der Waals surface area contributed by atoms with Gasteiger partial charge in [0.2, 0.25) is 0 Å². The third kappa shape index (κ3) is 6.29. The number of carbonyl (C=O) groups is 1. The molecule has 0 bridgehead atoms. The smallest absolute Gasteiger partial charge is 0.267 e. The van der Waals surface area contributed by atoms with E-state index in [1.165, 1.54) is 17.2 Å². The SMILES string of the molecule is O=C(/C=C/c1ccc(CN2CCN(Cc3ccc(Br)cc3)CC2)cc1)NO. The number of amides is 1. The minimum Gasteiger partial charge on any atom is -0.297 e. The number of hydrogen-bond donors (Lipinski definition) is 2. The third-order valence-electron chi connectivity index (χ3n) is 4.71. The van der Waals surface area contributed by atoms with Gasteiger partial charge in [-0.05, 0) is 34.9 Å². The Morgan fingerprint density at radius 1 is 0.926 bits per heavy atom. The topological polar surface area (TPSA) is 55.8 Å². The van der Waals surface area contributed by atoms with Crippen LogP contribution in [0, 0.1) is 0 Å². The molecular weight excluding hydrogens is 406 g/mol. The van der Waals surface area contributed by atoms with Gasteiger partial charge in [0.1, 0.15) is 0 Å². The predicted molar refractivity (Wildman–Crippen MR) is 110 cm³/mol. The number of hydroxylamine groups is 1. The van der Waals surface area contributed by atoms with Crippen LogP contribution in [0.5, 0.6) is 0 Å². The van der Waals surface area contributed by atoms with Crippen LogP contribution < -0.4 is 5.48 Å². The lowest BCUT2D eigenvalue weighted by Gasteiger charge is -2.34. The van der Waals surface area contributed by atoms with Crippen molar-refractivity contribution in [2.45, 2.75) is 13.1 Å². The molecule has 0 aliphatic carbocycles. The summed E-state index contributed by atoms with van der Waals surface area (Å²) in [6, 6.07) is 16.7. The van der Waals surface area contributed by atoms with Crippen LogP contribution in [0.2, 0.25) is 0 Å². The Balaban J connectivity index is 1.45. The van der Waals surface area contributed by atoms with Crippen LogP contribution in [-0.2, 0) is 17.9 Å². The van der Waals surface area contributed by atoms with E-state index < -0.39 is 5.91 Å². The summed E-state index contributed by atoms with van der Waals surface area (Å²) in [5, 5.41) is 8.49. The van der Waals surface area contributed by atoms with E-state index in [1.807, 2.05) is 12.1 Å². The molecule has 0 saturated carbocycles. The zero-order valence-corrected chi connectivity index (χ0v) is 16.7. The molecule has 2 aromatic carbocycles. The van der Waals surface area contributed by atoms with E-state index in [0.717, 1.165) is 49.3 Å². The summed E-state index contributed by atoms with van der Waals surface area (Å²) in [5.74, 6) is -0.528. The molecule has 3 rings (SSSR count). The zero-order chi connectivity index (χ0) is 19.1. The van der Waals surface area contributed by atoms with Gasteiger partial charge >= 0.3 is 0 Å². The molecule has 2 aromatic rings. The second-order valence-electron chi connectivity index (χ2n) is 6.73. The number of nitrogens with zero attached hydrogens (tertiary/aromatic N) is 2. The standard InChI is InChI=1S/C21H24BrN3O2/c22-20-8-5-19(6-9-20)16-25-13-11-24(12-14-25)15-18-3-1-17(2-4-18)7-10-21(26)23-27/h1-10,27H,11-16H2,(H,23,26)/b10-7+. The highest BCUT2D eigenvalue weighted by Crippen LogP contribution is 2.15. The molecular formula is C21H24BrN3O2. The summed E-state index contributed by atoms with van der Waals surface area (Å²) in [5.41, 5.74) is 5.13. The maximum absolute atomic E-state index is 11.0. The molecule has 0 unspecified atom stereocenters. The van der Waals surface area contributed by atoms with E-state index in [-0.39, 0.29) is 0 Å². The minimum atomic E-state index is -0.528. The average Bonchev–Trinajstić information content (AvgIpc) is 2.70. The maximum atomic E-state index is 11.0. The van der Waals surface area contributed by atoms with E-state index >= 15 is 0 Å². The molecule has 6 heteroatoms. The van der Waals surface area contributed by atoms with E-state index in [0.29, 0.717) is 0 Å². The first-order valence-electron chi connectivity index (χ1n) is 9.02. The van der Waals surface area contributed by atoms with Gasteiger partial charge in [-0.15, -0.1) is 0 Å². The summed E-state index contributed by atoms with van der Waals surface area (Å²) < 4.78 is 1.12. The molecule has 142 valence electrons. The highest BCUT2D eigenvalue weighted by molar-refractivity contribution is 9.10. The lowest BCUT2D eigenvalue weighted by molar-refractivity contribution is -0.124. The van der Waals surface area contributed by atoms with Crippen molar-refractivity contribution in [1.29, 1.82) is 0 Å². The van der Waals surface area contributed by atoms with E-state index in [1.54, 1.807) is 11.6 Å². The van der Waals surface area contributed by atoms with E-state index in [4.69, 9.17) is 5.21 Å². The number of carbonyl (C=O) groups excluding carboxylic acids is 1. The predicted octanol–water partition coefficient (Wildman–Crippen LogP) is 3.29. The average molecular weight is 430 g/mol. The molecule has 0 spiro atoms. The molecule has 1 aliphatic rings.